The molecule has 3 nitrogen and oxygen atoms in total. The Balaban J connectivity index is 2.91. The van der Waals surface area contributed by atoms with E-state index in [9.17, 15) is 9.50 Å². The van der Waals surface area contributed by atoms with Crippen LogP contribution >= 0.6 is 0 Å². The number of ether oxygens (including phenoxy) is 1. The van der Waals surface area contributed by atoms with Gasteiger partial charge in [0.15, 0.2) is 17.3 Å². The first-order valence-corrected chi connectivity index (χ1v) is 4.39. The number of likely N-dealkylation sites (N-methyl/N-ethyl adjacent to an activating group) is 1. The first-order valence-electron chi connectivity index (χ1n) is 4.39. The van der Waals surface area contributed by atoms with Gasteiger partial charge in [-0.25, -0.2) is 4.39 Å². The van der Waals surface area contributed by atoms with Gasteiger partial charge in [0, 0.05) is 0 Å². The maximum Gasteiger partial charge on any atom is 0.194 e. The molecule has 0 bridgehead atoms. The lowest BCUT2D eigenvalue weighted by Gasteiger charge is -2.07. The monoisotopic (exact) mass is 199 g/mol. The van der Waals surface area contributed by atoms with Crippen LogP contribution in [0.1, 0.15) is 5.56 Å². The Bertz CT molecular complexity index is 315. The fraction of sp³-hybridized carbons (Fsp3) is 0.400. The van der Waals surface area contributed by atoms with Crippen molar-refractivity contribution >= 4 is 0 Å². The molecule has 0 aromatic heterocycles. The van der Waals surface area contributed by atoms with Crippen LogP contribution in [0.25, 0.3) is 0 Å². The van der Waals surface area contributed by atoms with Crippen molar-refractivity contribution in [3.63, 3.8) is 0 Å². The molecule has 78 valence electrons. The van der Waals surface area contributed by atoms with E-state index in [2.05, 4.69) is 5.32 Å². The molecule has 1 aromatic rings. The van der Waals surface area contributed by atoms with Crippen LogP contribution in [0.2, 0.25) is 0 Å². The molecule has 0 unspecified atom stereocenters. The molecular formula is C10H14FNO2. The zero-order valence-corrected chi connectivity index (χ0v) is 8.30. The molecule has 2 N–H and O–H groups in total. The predicted molar refractivity (Wildman–Crippen MR) is 52.2 cm³/mol. The Morgan fingerprint density at radius 1 is 1.50 bits per heavy atom. The van der Waals surface area contributed by atoms with Gasteiger partial charge in [-0.15, -0.1) is 0 Å². The molecule has 0 aliphatic rings. The molecule has 14 heavy (non-hydrogen) atoms. The predicted octanol–water partition coefficient (Wildman–Crippen LogP) is 1.30. The second kappa shape index (κ2) is 4.81. The van der Waals surface area contributed by atoms with Crippen molar-refractivity contribution in [3.05, 3.63) is 23.5 Å². The van der Waals surface area contributed by atoms with Gasteiger partial charge in [-0.05, 0) is 37.7 Å². The highest BCUT2D eigenvalue weighted by Gasteiger charge is 2.09. The number of hydrogen-bond acceptors (Lipinski definition) is 3. The summed E-state index contributed by atoms with van der Waals surface area (Å²) in [6.07, 6.45) is 0.698. The standard InChI is InChI=1S/C10H14FNO2/c1-12-4-3-7-5-8(11)10(13)9(6-7)14-2/h5-6,12-13H,3-4H2,1-2H3. The van der Waals surface area contributed by atoms with Crippen molar-refractivity contribution in [3.8, 4) is 11.5 Å². The Morgan fingerprint density at radius 3 is 2.79 bits per heavy atom. The molecule has 0 saturated carbocycles. The average Bonchev–Trinajstić information content (AvgIpc) is 2.19. The number of phenols is 1. The largest absolute Gasteiger partial charge is 0.502 e. The SMILES string of the molecule is CNCCc1cc(F)c(O)c(OC)c1. The van der Waals surface area contributed by atoms with E-state index < -0.39 is 11.6 Å². The summed E-state index contributed by atoms with van der Waals surface area (Å²) in [5, 5.41) is 12.2. The van der Waals surface area contributed by atoms with Crippen molar-refractivity contribution < 1.29 is 14.2 Å². The third kappa shape index (κ3) is 2.35. The Labute approximate surface area is 82.5 Å². The zero-order chi connectivity index (χ0) is 10.6. The molecule has 0 aliphatic carbocycles. The Kier molecular flexibility index (Phi) is 3.71. The third-order valence-electron chi connectivity index (χ3n) is 1.97. The van der Waals surface area contributed by atoms with Crippen LogP contribution in [-0.4, -0.2) is 25.8 Å². The summed E-state index contributed by atoms with van der Waals surface area (Å²) in [6.45, 7) is 0.757. The molecule has 0 radical (unpaired) electrons. The van der Waals surface area contributed by atoms with Gasteiger partial charge in [0.1, 0.15) is 0 Å². The van der Waals surface area contributed by atoms with Crippen molar-refractivity contribution in [2.45, 2.75) is 6.42 Å². The fourth-order valence-electron chi connectivity index (χ4n) is 1.20. The third-order valence-corrected chi connectivity index (χ3v) is 1.97. The van der Waals surface area contributed by atoms with Gasteiger partial charge in [-0.2, -0.15) is 0 Å². The van der Waals surface area contributed by atoms with E-state index in [0.29, 0.717) is 6.42 Å². The van der Waals surface area contributed by atoms with Gasteiger partial charge in [0.05, 0.1) is 7.11 Å². The lowest BCUT2D eigenvalue weighted by Crippen LogP contribution is -2.10. The van der Waals surface area contributed by atoms with Crippen LogP contribution in [-0.2, 0) is 6.42 Å². The van der Waals surface area contributed by atoms with Gasteiger partial charge < -0.3 is 15.2 Å². The topological polar surface area (TPSA) is 41.5 Å². The van der Waals surface area contributed by atoms with Crippen LogP contribution < -0.4 is 10.1 Å². The molecule has 0 fully saturated rings. The number of aromatic hydroxyl groups is 1. The molecule has 0 atom stereocenters. The molecule has 1 rings (SSSR count). The number of halogens is 1. The van der Waals surface area contributed by atoms with Crippen molar-refractivity contribution in [1.29, 1.82) is 0 Å². The van der Waals surface area contributed by atoms with Crippen molar-refractivity contribution in [2.75, 3.05) is 20.7 Å². The van der Waals surface area contributed by atoms with Crippen molar-refractivity contribution in [2.24, 2.45) is 0 Å². The van der Waals surface area contributed by atoms with E-state index in [4.69, 9.17) is 4.74 Å². The number of rotatable bonds is 4. The lowest BCUT2D eigenvalue weighted by atomic mass is 10.1. The number of phenolic OH excluding ortho intramolecular Hbond substituents is 1. The lowest BCUT2D eigenvalue weighted by molar-refractivity contribution is 0.356. The zero-order valence-electron chi connectivity index (χ0n) is 8.30. The molecule has 1 aromatic carbocycles. The first kappa shape index (κ1) is 10.8. The van der Waals surface area contributed by atoms with Crippen LogP contribution in [0.5, 0.6) is 11.5 Å². The highest BCUT2D eigenvalue weighted by Crippen LogP contribution is 2.30. The highest BCUT2D eigenvalue weighted by molar-refractivity contribution is 5.43. The van der Waals surface area contributed by atoms with E-state index in [-0.39, 0.29) is 5.75 Å². The summed E-state index contributed by atoms with van der Waals surface area (Å²) < 4.78 is 17.9. The smallest absolute Gasteiger partial charge is 0.194 e. The van der Waals surface area contributed by atoms with E-state index >= 15 is 0 Å². The molecule has 4 heteroatoms. The van der Waals surface area contributed by atoms with Crippen molar-refractivity contribution in [1.82, 2.24) is 5.32 Å². The summed E-state index contributed by atoms with van der Waals surface area (Å²) in [5.41, 5.74) is 0.798. The molecule has 0 spiro atoms. The van der Waals surface area contributed by atoms with Crippen LogP contribution in [0.3, 0.4) is 0 Å². The van der Waals surface area contributed by atoms with Gasteiger partial charge in [-0.1, -0.05) is 0 Å². The highest BCUT2D eigenvalue weighted by atomic mass is 19.1. The molecule has 0 heterocycles. The number of hydrogen-bond donors (Lipinski definition) is 2. The number of methoxy groups -OCH3 is 1. The molecular weight excluding hydrogens is 185 g/mol. The maximum atomic E-state index is 13.1. The number of benzene rings is 1. The van der Waals surface area contributed by atoms with Gasteiger partial charge >= 0.3 is 0 Å². The van der Waals surface area contributed by atoms with E-state index in [1.165, 1.54) is 13.2 Å². The Hall–Kier alpha value is -1.29. The van der Waals surface area contributed by atoms with Crippen LogP contribution in [0, 0.1) is 5.82 Å². The van der Waals surface area contributed by atoms with Crippen LogP contribution in [0.4, 0.5) is 4.39 Å². The first-order chi connectivity index (χ1) is 6.69. The average molecular weight is 199 g/mol. The molecule has 0 aliphatic heterocycles. The normalized spacial score (nSPS) is 10.2. The van der Waals surface area contributed by atoms with Gasteiger partial charge in [0.2, 0.25) is 0 Å². The minimum Gasteiger partial charge on any atom is -0.502 e. The Morgan fingerprint density at radius 2 is 2.21 bits per heavy atom. The molecule has 0 saturated heterocycles. The summed E-state index contributed by atoms with van der Waals surface area (Å²) in [4.78, 5) is 0. The summed E-state index contributed by atoms with van der Waals surface area (Å²) in [6, 6.07) is 2.95. The summed E-state index contributed by atoms with van der Waals surface area (Å²) in [5.74, 6) is -0.896. The summed E-state index contributed by atoms with van der Waals surface area (Å²) >= 11 is 0. The summed E-state index contributed by atoms with van der Waals surface area (Å²) in [7, 11) is 3.23. The minimum atomic E-state index is -0.643. The van der Waals surface area contributed by atoms with E-state index in [0.717, 1.165) is 12.1 Å². The van der Waals surface area contributed by atoms with E-state index in [1.807, 2.05) is 7.05 Å². The van der Waals surface area contributed by atoms with Crippen LogP contribution in [0.15, 0.2) is 12.1 Å². The number of nitrogens with one attached hydrogen (secondary N) is 1. The second-order valence-corrected chi connectivity index (χ2v) is 2.98. The van der Waals surface area contributed by atoms with E-state index in [1.54, 1.807) is 6.07 Å². The second-order valence-electron chi connectivity index (χ2n) is 2.98. The quantitative estimate of drug-likeness (QED) is 0.768. The fourth-order valence-corrected chi connectivity index (χ4v) is 1.20. The minimum absolute atomic E-state index is 0.177. The van der Waals surface area contributed by atoms with Gasteiger partial charge in [0.25, 0.3) is 0 Å². The molecule has 0 amide bonds. The van der Waals surface area contributed by atoms with Gasteiger partial charge in [-0.3, -0.25) is 0 Å². The maximum absolute atomic E-state index is 13.1.